The van der Waals surface area contributed by atoms with E-state index in [2.05, 4.69) is 4.74 Å². The molecule has 0 aliphatic rings. The molecule has 0 bridgehead atoms. The van der Waals surface area contributed by atoms with Gasteiger partial charge in [0.2, 0.25) is 0 Å². The second-order valence-electron chi connectivity index (χ2n) is 2.44. The molecule has 15 heavy (non-hydrogen) atoms. The summed E-state index contributed by atoms with van der Waals surface area (Å²) in [7, 11) is 0. The first-order chi connectivity index (χ1) is 6.81. The fourth-order valence-corrected chi connectivity index (χ4v) is 1.32. The van der Waals surface area contributed by atoms with Gasteiger partial charge in [0.15, 0.2) is 0 Å². The molecule has 0 aromatic heterocycles. The van der Waals surface area contributed by atoms with Crippen molar-refractivity contribution >= 4 is 28.4 Å². The predicted octanol–water partition coefficient (Wildman–Crippen LogP) is 3.62. The Kier molecular flexibility index (Phi) is 3.46. The summed E-state index contributed by atoms with van der Waals surface area (Å²) in [6.45, 7) is 0. The highest BCUT2D eigenvalue weighted by Gasteiger charge is 2.32. The Morgan fingerprint density at radius 1 is 1.33 bits per heavy atom. The molecule has 7 heteroatoms. The number of hydrogen-bond acceptors (Lipinski definition) is 2. The van der Waals surface area contributed by atoms with Crippen LogP contribution in [0.15, 0.2) is 18.2 Å². The van der Waals surface area contributed by atoms with Gasteiger partial charge in [-0.25, -0.2) is 0 Å². The van der Waals surface area contributed by atoms with Gasteiger partial charge in [0.1, 0.15) is 5.75 Å². The molecule has 0 aliphatic carbocycles. The van der Waals surface area contributed by atoms with Crippen LogP contribution >= 0.6 is 23.2 Å². The van der Waals surface area contributed by atoms with Crippen LogP contribution in [0.1, 0.15) is 10.4 Å². The monoisotopic (exact) mass is 258 g/mol. The van der Waals surface area contributed by atoms with Crippen molar-refractivity contribution in [2.45, 2.75) is 6.36 Å². The van der Waals surface area contributed by atoms with E-state index in [1.807, 2.05) is 0 Å². The van der Waals surface area contributed by atoms with Gasteiger partial charge in [-0.2, -0.15) is 0 Å². The summed E-state index contributed by atoms with van der Waals surface area (Å²) in [5.41, 5.74) is -0.236. The fraction of sp³-hybridized carbons (Fsp3) is 0.125. The molecule has 82 valence electrons. The molecule has 1 rings (SSSR count). The lowest BCUT2D eigenvalue weighted by atomic mass is 10.2. The van der Waals surface area contributed by atoms with Gasteiger partial charge in [-0.05, 0) is 23.7 Å². The maximum atomic E-state index is 11.9. The number of halogens is 5. The maximum absolute atomic E-state index is 11.9. The zero-order chi connectivity index (χ0) is 11.6. The minimum Gasteiger partial charge on any atom is -0.404 e. The van der Waals surface area contributed by atoms with E-state index in [0.717, 1.165) is 6.07 Å². The van der Waals surface area contributed by atoms with Gasteiger partial charge >= 0.3 is 6.36 Å². The van der Waals surface area contributed by atoms with Gasteiger partial charge in [-0.3, -0.25) is 4.79 Å². The lowest BCUT2D eigenvalue weighted by Crippen LogP contribution is -2.17. The smallest absolute Gasteiger partial charge is 0.404 e. The zero-order valence-electron chi connectivity index (χ0n) is 6.94. The Morgan fingerprint density at radius 2 is 1.93 bits per heavy atom. The van der Waals surface area contributed by atoms with Crippen LogP contribution in [-0.4, -0.2) is 11.6 Å². The van der Waals surface area contributed by atoms with Crippen molar-refractivity contribution in [3.63, 3.8) is 0 Å². The summed E-state index contributed by atoms with van der Waals surface area (Å²) in [4.78, 5) is 10.7. The molecule has 0 atom stereocenters. The summed E-state index contributed by atoms with van der Waals surface area (Å²) < 4.78 is 39.1. The third kappa shape index (κ3) is 3.28. The quantitative estimate of drug-likeness (QED) is 0.758. The van der Waals surface area contributed by atoms with Gasteiger partial charge in [0.25, 0.3) is 5.24 Å². The molecule has 0 aliphatic heterocycles. The fourth-order valence-electron chi connectivity index (χ4n) is 0.866. The number of carbonyl (C=O) groups is 1. The predicted molar refractivity (Wildman–Crippen MR) is 48.3 cm³/mol. The molecule has 0 saturated carbocycles. The minimum absolute atomic E-state index is 0.236. The molecule has 0 saturated heterocycles. The first-order valence-electron chi connectivity index (χ1n) is 3.55. The number of benzene rings is 1. The number of hydrogen-bond donors (Lipinski definition) is 0. The standard InChI is InChI=1S/C8H3Cl2F3O2/c9-6-4(7(10)14)2-1-3-5(6)15-8(11,12)13/h1-3H. The number of rotatable bonds is 2. The third-order valence-electron chi connectivity index (χ3n) is 1.40. The van der Waals surface area contributed by atoms with Crippen molar-refractivity contribution in [1.82, 2.24) is 0 Å². The van der Waals surface area contributed by atoms with Gasteiger partial charge in [0, 0.05) is 0 Å². The third-order valence-corrected chi connectivity index (χ3v) is 1.99. The first-order valence-corrected chi connectivity index (χ1v) is 4.31. The largest absolute Gasteiger partial charge is 0.573 e. The van der Waals surface area contributed by atoms with Gasteiger partial charge in [0.05, 0.1) is 10.6 Å². The lowest BCUT2D eigenvalue weighted by Gasteiger charge is -2.11. The summed E-state index contributed by atoms with van der Waals surface area (Å²) >= 11 is 10.6. The number of ether oxygens (including phenoxy) is 1. The van der Waals surface area contributed by atoms with Crippen molar-refractivity contribution < 1.29 is 22.7 Å². The van der Waals surface area contributed by atoms with Crippen LogP contribution in [0.2, 0.25) is 5.02 Å². The van der Waals surface area contributed by atoms with Crippen LogP contribution in [0.3, 0.4) is 0 Å². The van der Waals surface area contributed by atoms with E-state index in [4.69, 9.17) is 23.2 Å². The molecule has 0 fully saturated rings. The molecule has 2 nitrogen and oxygen atoms in total. The highest BCUT2D eigenvalue weighted by molar-refractivity contribution is 6.68. The van der Waals surface area contributed by atoms with E-state index in [-0.39, 0.29) is 5.56 Å². The Bertz CT molecular complexity index is 390. The van der Waals surface area contributed by atoms with Gasteiger partial charge < -0.3 is 4.74 Å². The van der Waals surface area contributed by atoms with Crippen molar-refractivity contribution in [2.75, 3.05) is 0 Å². The Labute approximate surface area is 92.5 Å². The molecule has 0 radical (unpaired) electrons. The van der Waals surface area contributed by atoms with Crippen LogP contribution in [-0.2, 0) is 0 Å². The minimum atomic E-state index is -4.86. The highest BCUT2D eigenvalue weighted by Crippen LogP contribution is 2.33. The Hall–Kier alpha value is -0.940. The molecule has 0 amide bonds. The van der Waals surface area contributed by atoms with Crippen LogP contribution in [0.25, 0.3) is 0 Å². The summed E-state index contributed by atoms with van der Waals surface area (Å²) in [6.07, 6.45) is -4.86. The molecule has 0 spiro atoms. The maximum Gasteiger partial charge on any atom is 0.573 e. The van der Waals surface area contributed by atoms with E-state index in [0.29, 0.717) is 0 Å². The average molecular weight is 259 g/mol. The highest BCUT2D eigenvalue weighted by atomic mass is 35.5. The van der Waals surface area contributed by atoms with E-state index in [1.165, 1.54) is 12.1 Å². The summed E-state index contributed by atoms with van der Waals surface area (Å²) in [5.74, 6) is -0.657. The van der Waals surface area contributed by atoms with E-state index in [9.17, 15) is 18.0 Å². The molecule has 1 aromatic carbocycles. The SMILES string of the molecule is O=C(Cl)c1cccc(OC(F)(F)F)c1Cl. The molecular formula is C8H3Cl2F3O2. The normalized spacial score (nSPS) is 11.3. The average Bonchev–Trinajstić information content (AvgIpc) is 2.05. The van der Waals surface area contributed by atoms with Crippen LogP contribution < -0.4 is 4.74 Å². The second-order valence-corrected chi connectivity index (χ2v) is 3.16. The van der Waals surface area contributed by atoms with Crippen molar-refractivity contribution in [3.8, 4) is 5.75 Å². The Morgan fingerprint density at radius 3 is 2.40 bits per heavy atom. The summed E-state index contributed by atoms with van der Waals surface area (Å²) in [5, 5.41) is -1.41. The van der Waals surface area contributed by atoms with Crippen LogP contribution in [0.5, 0.6) is 5.75 Å². The van der Waals surface area contributed by atoms with E-state index in [1.54, 1.807) is 0 Å². The Balaban J connectivity index is 3.10. The first kappa shape index (κ1) is 12.1. The topological polar surface area (TPSA) is 26.3 Å². The lowest BCUT2D eigenvalue weighted by molar-refractivity contribution is -0.274. The van der Waals surface area contributed by atoms with Crippen molar-refractivity contribution in [2.24, 2.45) is 0 Å². The van der Waals surface area contributed by atoms with Gasteiger partial charge in [-0.15, -0.1) is 13.2 Å². The molecule has 1 aromatic rings. The number of alkyl halides is 3. The van der Waals surface area contributed by atoms with Crippen LogP contribution in [0.4, 0.5) is 13.2 Å². The molecule has 0 N–H and O–H groups in total. The van der Waals surface area contributed by atoms with Gasteiger partial charge in [-0.1, -0.05) is 17.7 Å². The molecular weight excluding hydrogens is 256 g/mol. The second kappa shape index (κ2) is 4.28. The molecule has 0 heterocycles. The summed E-state index contributed by atoms with van der Waals surface area (Å²) in [6, 6.07) is 3.36. The number of carbonyl (C=O) groups excluding carboxylic acids is 1. The van der Waals surface area contributed by atoms with E-state index < -0.39 is 22.4 Å². The van der Waals surface area contributed by atoms with Crippen molar-refractivity contribution in [3.05, 3.63) is 28.8 Å². The van der Waals surface area contributed by atoms with Crippen molar-refractivity contribution in [1.29, 1.82) is 0 Å². The molecule has 0 unspecified atom stereocenters. The van der Waals surface area contributed by atoms with E-state index >= 15 is 0 Å². The van der Waals surface area contributed by atoms with Crippen LogP contribution in [0, 0.1) is 0 Å². The zero-order valence-corrected chi connectivity index (χ0v) is 8.45.